The van der Waals surface area contributed by atoms with Crippen LogP contribution in [0.2, 0.25) is 10.0 Å². The number of aromatic nitrogens is 2. The van der Waals surface area contributed by atoms with Crippen LogP contribution in [0.4, 0.5) is 24.9 Å². The number of hydrogen-bond donors (Lipinski definition) is 3. The average molecular weight is 624 g/mol. The molecule has 8 nitrogen and oxygen atoms in total. The summed E-state index contributed by atoms with van der Waals surface area (Å²) >= 11 is 12.5. The number of benzene rings is 2. The molecule has 4 N–H and O–H groups in total. The Hall–Kier alpha value is -3.28. The van der Waals surface area contributed by atoms with Crippen molar-refractivity contribution in [3.8, 4) is 17.0 Å². The number of nitrogens with one attached hydrogen (secondary N) is 1. The number of alkyl halides is 3. The predicted octanol–water partition coefficient (Wildman–Crippen LogP) is 6.36. The second-order valence-corrected chi connectivity index (χ2v) is 11.9. The Morgan fingerprint density at radius 2 is 1.81 bits per heavy atom. The first kappa shape index (κ1) is 30.2. The molecule has 3 heterocycles. The molecule has 3 aromatic rings. The van der Waals surface area contributed by atoms with E-state index in [9.17, 15) is 23.1 Å². The first-order valence-electron chi connectivity index (χ1n) is 13.4. The Morgan fingerprint density at radius 3 is 2.40 bits per heavy atom. The first-order valence-corrected chi connectivity index (χ1v) is 14.2. The van der Waals surface area contributed by atoms with E-state index in [4.69, 9.17) is 33.7 Å². The number of hydrogen-bond acceptors (Lipinski definition) is 7. The molecule has 5 rings (SSSR count). The number of aliphatic carboxylic acids is 1. The highest BCUT2D eigenvalue weighted by molar-refractivity contribution is 6.32. The van der Waals surface area contributed by atoms with Gasteiger partial charge in [-0.15, -0.1) is 0 Å². The maximum atomic E-state index is 14.6. The number of carboxylic acid groups (broad SMARTS) is 1. The minimum absolute atomic E-state index is 0.145. The molecular formula is C29H30Cl2F3N5O3. The fraction of sp³-hybridized carbons (Fsp3) is 0.414. The Labute approximate surface area is 251 Å². The van der Waals surface area contributed by atoms with Crippen molar-refractivity contribution in [1.29, 1.82) is 0 Å². The fourth-order valence-electron chi connectivity index (χ4n) is 5.87. The monoisotopic (exact) mass is 623 g/mol. The van der Waals surface area contributed by atoms with Gasteiger partial charge in [0.1, 0.15) is 11.9 Å². The number of piperidine rings is 1. The van der Waals surface area contributed by atoms with E-state index in [1.165, 1.54) is 24.3 Å². The summed E-state index contributed by atoms with van der Waals surface area (Å²) in [5, 5.41) is 13.2. The summed E-state index contributed by atoms with van der Waals surface area (Å²) in [6.45, 7) is 5.22. The predicted molar refractivity (Wildman–Crippen MR) is 155 cm³/mol. The third-order valence-electron chi connectivity index (χ3n) is 8.09. The Morgan fingerprint density at radius 1 is 1.14 bits per heavy atom. The third kappa shape index (κ3) is 6.23. The van der Waals surface area contributed by atoms with E-state index < -0.39 is 24.3 Å². The summed E-state index contributed by atoms with van der Waals surface area (Å²) in [5.41, 5.74) is 7.83. The van der Waals surface area contributed by atoms with Crippen LogP contribution in [0.5, 0.6) is 5.88 Å². The number of nitrogens with two attached hydrogens (primary N) is 1. The summed E-state index contributed by atoms with van der Waals surface area (Å²) in [6.07, 6.45) is -5.27. The van der Waals surface area contributed by atoms with Gasteiger partial charge in [-0.25, -0.2) is 0 Å². The van der Waals surface area contributed by atoms with Crippen molar-refractivity contribution < 1.29 is 27.8 Å². The van der Waals surface area contributed by atoms with E-state index in [1.807, 2.05) is 4.90 Å². The number of aryl methyl sites for hydroxylation is 2. The van der Waals surface area contributed by atoms with E-state index in [0.29, 0.717) is 66.4 Å². The second-order valence-electron chi connectivity index (χ2n) is 11.1. The number of carboxylic acids is 1. The smallest absolute Gasteiger partial charge is 0.429 e. The summed E-state index contributed by atoms with van der Waals surface area (Å²) < 4.78 is 49.4. The van der Waals surface area contributed by atoms with Crippen molar-refractivity contribution >= 4 is 40.9 Å². The molecule has 2 aliphatic heterocycles. The molecule has 0 radical (unpaired) electrons. The molecule has 1 spiro atoms. The van der Waals surface area contributed by atoms with Crippen molar-refractivity contribution in [1.82, 2.24) is 15.3 Å². The minimum Gasteiger partial charge on any atom is -0.480 e. The van der Waals surface area contributed by atoms with E-state index in [-0.39, 0.29) is 33.4 Å². The first-order chi connectivity index (χ1) is 19.7. The Kier molecular flexibility index (Phi) is 8.21. The maximum absolute atomic E-state index is 14.6. The van der Waals surface area contributed by atoms with Crippen LogP contribution in [0, 0.1) is 19.3 Å². The molecule has 1 unspecified atom stereocenters. The van der Waals surface area contributed by atoms with E-state index in [2.05, 4.69) is 15.3 Å². The lowest BCUT2D eigenvalue weighted by Crippen LogP contribution is -2.41. The zero-order valence-corrected chi connectivity index (χ0v) is 24.4. The molecule has 42 heavy (non-hydrogen) atoms. The van der Waals surface area contributed by atoms with Crippen LogP contribution in [0.1, 0.15) is 42.1 Å². The standard InChI is InChI=1S/C29H30Cl2F3N5O3/c1-15-9-17(10-16(2)24(15)31)20-11-18(30)3-4-19(20)25(29(32,33)34)42-23-12-22(37-27(35)38-23)39-7-5-28(6-8-39)13-21(26(40)41)36-14-28/h3-4,9-12,21,25,36H,5-8,13-14H2,1-2H3,(H,40,41)(H2,35,37,38)/t21?,25-/m1/s1. The van der Waals surface area contributed by atoms with Gasteiger partial charge >= 0.3 is 12.1 Å². The van der Waals surface area contributed by atoms with Crippen LogP contribution >= 0.6 is 23.2 Å². The zero-order chi connectivity index (χ0) is 30.4. The highest BCUT2D eigenvalue weighted by Gasteiger charge is 2.46. The van der Waals surface area contributed by atoms with Crippen molar-refractivity contribution in [3.05, 3.63) is 63.1 Å². The number of carbonyl (C=O) groups is 1. The fourth-order valence-corrected chi connectivity index (χ4v) is 6.15. The molecule has 1 aromatic heterocycles. The summed E-state index contributed by atoms with van der Waals surface area (Å²) in [7, 11) is 0. The Bertz CT molecular complexity index is 1490. The van der Waals surface area contributed by atoms with Crippen LogP contribution < -0.4 is 20.7 Å². The molecule has 2 atom stereocenters. The molecule has 0 aliphatic carbocycles. The van der Waals surface area contributed by atoms with Gasteiger partial charge in [0.25, 0.3) is 0 Å². The van der Waals surface area contributed by atoms with Crippen molar-refractivity contribution in [3.63, 3.8) is 0 Å². The summed E-state index contributed by atoms with van der Waals surface area (Å²) in [6, 6.07) is 8.34. The van der Waals surface area contributed by atoms with Gasteiger partial charge in [-0.05, 0) is 85.0 Å². The van der Waals surface area contributed by atoms with E-state index in [1.54, 1.807) is 26.0 Å². The largest absolute Gasteiger partial charge is 0.480 e. The number of nitrogen functional groups attached to an aromatic ring is 1. The van der Waals surface area contributed by atoms with Gasteiger partial charge in [-0.1, -0.05) is 29.3 Å². The van der Waals surface area contributed by atoms with Gasteiger partial charge in [-0.3, -0.25) is 4.79 Å². The number of ether oxygens (including phenoxy) is 1. The average Bonchev–Trinajstić information content (AvgIpc) is 3.33. The molecule has 2 aromatic carbocycles. The molecule has 2 fully saturated rings. The molecule has 0 bridgehead atoms. The SMILES string of the molecule is Cc1cc(-c2cc(Cl)ccc2[C@@H](Oc2cc(N3CCC4(CC3)CNC(C(=O)O)C4)nc(N)n2)C(F)(F)F)cc(C)c1Cl. The van der Waals surface area contributed by atoms with Gasteiger partial charge in [0.15, 0.2) is 0 Å². The van der Waals surface area contributed by atoms with Crippen LogP contribution in [0.3, 0.4) is 0 Å². The zero-order valence-electron chi connectivity index (χ0n) is 22.9. The topological polar surface area (TPSA) is 114 Å². The maximum Gasteiger partial charge on any atom is 0.429 e. The molecule has 0 saturated carbocycles. The molecular weight excluding hydrogens is 594 g/mol. The molecule has 224 valence electrons. The number of anilines is 2. The quantitative estimate of drug-likeness (QED) is 0.290. The van der Waals surface area contributed by atoms with Gasteiger partial charge in [0.2, 0.25) is 17.9 Å². The lowest BCUT2D eigenvalue weighted by molar-refractivity contribution is -0.198. The van der Waals surface area contributed by atoms with Gasteiger partial charge < -0.3 is 25.8 Å². The lowest BCUT2D eigenvalue weighted by atomic mass is 9.76. The van der Waals surface area contributed by atoms with Gasteiger partial charge in [0.05, 0.1) is 0 Å². The highest BCUT2D eigenvalue weighted by atomic mass is 35.5. The van der Waals surface area contributed by atoms with Gasteiger partial charge in [0, 0.05) is 41.3 Å². The van der Waals surface area contributed by atoms with E-state index >= 15 is 0 Å². The van der Waals surface area contributed by atoms with Crippen molar-refractivity contribution in [2.45, 2.75) is 51.4 Å². The van der Waals surface area contributed by atoms with Crippen LogP contribution in [0.25, 0.3) is 11.1 Å². The summed E-state index contributed by atoms with van der Waals surface area (Å²) in [4.78, 5) is 21.5. The lowest BCUT2D eigenvalue weighted by Gasteiger charge is -2.39. The number of nitrogens with zero attached hydrogens (tertiary/aromatic N) is 3. The molecule has 0 amide bonds. The normalized spacial score (nSPS) is 19.2. The minimum atomic E-state index is -4.81. The van der Waals surface area contributed by atoms with Crippen LogP contribution in [0.15, 0.2) is 36.4 Å². The number of halogens is 5. The third-order valence-corrected chi connectivity index (χ3v) is 8.93. The number of rotatable bonds is 6. The molecule has 13 heteroatoms. The molecule has 2 saturated heterocycles. The highest BCUT2D eigenvalue weighted by Crippen LogP contribution is 2.44. The van der Waals surface area contributed by atoms with E-state index in [0.717, 1.165) is 0 Å². The Balaban J connectivity index is 1.44. The van der Waals surface area contributed by atoms with Crippen LogP contribution in [-0.2, 0) is 4.79 Å². The molecule has 2 aliphatic rings. The van der Waals surface area contributed by atoms with Crippen molar-refractivity contribution in [2.24, 2.45) is 5.41 Å². The van der Waals surface area contributed by atoms with Gasteiger partial charge in [-0.2, -0.15) is 23.1 Å². The summed E-state index contributed by atoms with van der Waals surface area (Å²) in [5.74, 6) is -1.08. The van der Waals surface area contributed by atoms with Crippen LogP contribution in [-0.4, -0.2) is 52.9 Å². The second kappa shape index (κ2) is 11.4. The van der Waals surface area contributed by atoms with Crippen molar-refractivity contribution in [2.75, 3.05) is 30.3 Å².